The molecular weight excluding hydrogens is 444 g/mol. The minimum absolute atomic E-state index is 0.118. The molecule has 2 aliphatic heterocycles. The second kappa shape index (κ2) is 11.1. The molecule has 1 amide bonds. The monoisotopic (exact) mass is 478 g/mol. The van der Waals surface area contributed by atoms with E-state index in [0.717, 1.165) is 31.6 Å². The van der Waals surface area contributed by atoms with Gasteiger partial charge >= 0.3 is 0 Å². The largest absolute Gasteiger partial charge is 0.507 e. The number of Topliss-reactive ketones (excluding diaryl/α,β-unsaturated/α-hetero) is 1. The van der Waals surface area contributed by atoms with Crippen molar-refractivity contribution in [2.45, 2.75) is 32.2 Å². The summed E-state index contributed by atoms with van der Waals surface area (Å²) in [4.78, 5) is 30.3. The van der Waals surface area contributed by atoms with E-state index in [1.165, 1.54) is 5.56 Å². The van der Waals surface area contributed by atoms with Gasteiger partial charge in [-0.2, -0.15) is 0 Å². The van der Waals surface area contributed by atoms with Crippen molar-refractivity contribution < 1.29 is 24.2 Å². The van der Waals surface area contributed by atoms with Crippen molar-refractivity contribution in [1.82, 2.24) is 9.80 Å². The van der Waals surface area contributed by atoms with Gasteiger partial charge in [0, 0.05) is 31.7 Å². The molecule has 2 aromatic carbocycles. The molecule has 2 fully saturated rings. The Morgan fingerprint density at radius 2 is 1.80 bits per heavy atom. The van der Waals surface area contributed by atoms with Gasteiger partial charge in [-0.15, -0.1) is 0 Å². The molecule has 0 unspecified atom stereocenters. The highest BCUT2D eigenvalue weighted by molar-refractivity contribution is 6.46. The first-order valence-electron chi connectivity index (χ1n) is 12.2. The van der Waals surface area contributed by atoms with Crippen molar-refractivity contribution >= 4 is 17.4 Å². The number of methoxy groups -OCH3 is 1. The number of aliphatic hydroxyl groups excluding tert-OH is 1. The summed E-state index contributed by atoms with van der Waals surface area (Å²) >= 11 is 0. The van der Waals surface area contributed by atoms with Crippen molar-refractivity contribution in [3.05, 3.63) is 70.8 Å². The average Bonchev–Trinajstić information content (AvgIpc) is 3.14. The molecule has 186 valence electrons. The number of nitrogens with zero attached hydrogens (tertiary/aromatic N) is 2. The van der Waals surface area contributed by atoms with Gasteiger partial charge in [-0.05, 0) is 35.6 Å². The Morgan fingerprint density at radius 1 is 1.09 bits per heavy atom. The highest BCUT2D eigenvalue weighted by Crippen LogP contribution is 2.40. The maximum Gasteiger partial charge on any atom is 0.295 e. The fourth-order valence-electron chi connectivity index (χ4n) is 4.74. The standard InChI is InChI=1S/C28H34N2O5/c1-19(2)20-8-10-21(11-9-20)25-24(26(31)22-6-4-7-23(18-22)34-3)27(32)28(33)30(25)13-5-12-29-14-16-35-17-15-29/h4,6-11,18-19,25,31H,5,12-17H2,1-3H3/t25-/m1/s1. The number of ketones is 1. The Morgan fingerprint density at radius 3 is 2.46 bits per heavy atom. The number of carbonyl (C=O) groups is 2. The summed E-state index contributed by atoms with van der Waals surface area (Å²) in [5, 5.41) is 11.3. The van der Waals surface area contributed by atoms with Crippen LogP contribution in [0.5, 0.6) is 5.75 Å². The first-order chi connectivity index (χ1) is 16.9. The quantitative estimate of drug-likeness (QED) is 0.352. The van der Waals surface area contributed by atoms with Crippen molar-refractivity contribution in [2.24, 2.45) is 0 Å². The summed E-state index contributed by atoms with van der Waals surface area (Å²) < 4.78 is 10.7. The van der Waals surface area contributed by atoms with Crippen LogP contribution in [0.2, 0.25) is 0 Å². The number of ether oxygens (including phenoxy) is 2. The van der Waals surface area contributed by atoms with Gasteiger partial charge in [-0.3, -0.25) is 14.5 Å². The van der Waals surface area contributed by atoms with E-state index in [9.17, 15) is 14.7 Å². The van der Waals surface area contributed by atoms with Crippen LogP contribution in [-0.2, 0) is 14.3 Å². The minimum Gasteiger partial charge on any atom is -0.507 e. The van der Waals surface area contributed by atoms with Crippen LogP contribution >= 0.6 is 0 Å². The Bertz CT molecular complexity index is 1090. The Kier molecular flexibility index (Phi) is 7.88. The van der Waals surface area contributed by atoms with E-state index in [-0.39, 0.29) is 11.3 Å². The number of likely N-dealkylation sites (tertiary alicyclic amines) is 1. The summed E-state index contributed by atoms with van der Waals surface area (Å²) in [7, 11) is 1.54. The SMILES string of the molecule is COc1cccc(C(O)=C2C(=O)C(=O)N(CCCN3CCOCC3)[C@@H]2c2ccc(C(C)C)cc2)c1. The molecular formula is C28H34N2O5. The zero-order valence-corrected chi connectivity index (χ0v) is 20.7. The van der Waals surface area contributed by atoms with Crippen molar-refractivity contribution in [1.29, 1.82) is 0 Å². The number of hydrogen-bond donors (Lipinski definition) is 1. The van der Waals surface area contributed by atoms with Gasteiger partial charge in [-0.1, -0.05) is 50.2 Å². The van der Waals surface area contributed by atoms with Crippen LogP contribution in [0, 0.1) is 0 Å². The van der Waals surface area contributed by atoms with Crippen molar-refractivity contribution in [2.75, 3.05) is 46.5 Å². The third-order valence-corrected chi connectivity index (χ3v) is 6.78. The second-order valence-corrected chi connectivity index (χ2v) is 9.35. The molecule has 4 rings (SSSR count). The highest BCUT2D eigenvalue weighted by atomic mass is 16.5. The van der Waals surface area contributed by atoms with E-state index in [1.807, 2.05) is 24.3 Å². The van der Waals surface area contributed by atoms with Gasteiger partial charge in [0.1, 0.15) is 11.5 Å². The van der Waals surface area contributed by atoms with Crippen LogP contribution in [0.4, 0.5) is 0 Å². The molecule has 0 aliphatic carbocycles. The number of hydrogen-bond acceptors (Lipinski definition) is 6. The first kappa shape index (κ1) is 24.9. The van der Waals surface area contributed by atoms with Crippen molar-refractivity contribution in [3.63, 3.8) is 0 Å². The number of morpholine rings is 1. The summed E-state index contributed by atoms with van der Waals surface area (Å²) in [5.74, 6) is -0.493. The second-order valence-electron chi connectivity index (χ2n) is 9.35. The van der Waals surface area contributed by atoms with Gasteiger partial charge in [0.15, 0.2) is 0 Å². The Labute approximate surface area is 206 Å². The number of carbonyl (C=O) groups excluding carboxylic acids is 2. The van der Waals surface area contributed by atoms with Crippen molar-refractivity contribution in [3.8, 4) is 5.75 Å². The first-order valence-corrected chi connectivity index (χ1v) is 12.2. The summed E-state index contributed by atoms with van der Waals surface area (Å²) in [6.07, 6.45) is 0.729. The molecule has 0 bridgehead atoms. The van der Waals surface area contributed by atoms with E-state index in [4.69, 9.17) is 9.47 Å². The molecule has 0 radical (unpaired) electrons. The van der Waals surface area contributed by atoms with Gasteiger partial charge in [-0.25, -0.2) is 0 Å². The zero-order chi connectivity index (χ0) is 24.9. The molecule has 7 nitrogen and oxygen atoms in total. The van der Waals surface area contributed by atoms with E-state index >= 15 is 0 Å². The van der Waals surface area contributed by atoms with Gasteiger partial charge in [0.25, 0.3) is 11.7 Å². The lowest BCUT2D eigenvalue weighted by molar-refractivity contribution is -0.140. The average molecular weight is 479 g/mol. The third kappa shape index (κ3) is 5.41. The predicted molar refractivity (Wildman–Crippen MR) is 134 cm³/mol. The lowest BCUT2D eigenvalue weighted by Crippen LogP contribution is -2.38. The van der Waals surface area contributed by atoms with Crippen LogP contribution < -0.4 is 4.74 Å². The molecule has 2 heterocycles. The summed E-state index contributed by atoms with van der Waals surface area (Å²) in [6, 6.07) is 14.2. The maximum absolute atomic E-state index is 13.2. The van der Waals surface area contributed by atoms with Crippen LogP contribution in [0.3, 0.4) is 0 Å². The molecule has 2 aromatic rings. The van der Waals surface area contributed by atoms with Crippen LogP contribution in [0.25, 0.3) is 5.76 Å². The Balaban J connectivity index is 1.69. The van der Waals surface area contributed by atoms with Crippen LogP contribution in [0.15, 0.2) is 54.1 Å². The summed E-state index contributed by atoms with van der Waals surface area (Å²) in [6.45, 7) is 8.66. The van der Waals surface area contributed by atoms with E-state index in [1.54, 1.807) is 36.3 Å². The molecule has 35 heavy (non-hydrogen) atoms. The minimum atomic E-state index is -0.658. The highest BCUT2D eigenvalue weighted by Gasteiger charge is 2.45. The zero-order valence-electron chi connectivity index (χ0n) is 20.7. The fourth-order valence-corrected chi connectivity index (χ4v) is 4.74. The van der Waals surface area contributed by atoms with Gasteiger partial charge < -0.3 is 19.5 Å². The third-order valence-electron chi connectivity index (χ3n) is 6.78. The lowest BCUT2D eigenvalue weighted by Gasteiger charge is -2.29. The normalized spacial score (nSPS) is 20.6. The van der Waals surface area contributed by atoms with Gasteiger partial charge in [0.05, 0.1) is 31.9 Å². The maximum atomic E-state index is 13.2. The molecule has 0 spiro atoms. The van der Waals surface area contributed by atoms with Gasteiger partial charge in [0.2, 0.25) is 0 Å². The molecule has 7 heteroatoms. The topological polar surface area (TPSA) is 79.3 Å². The van der Waals surface area contributed by atoms with E-state index in [2.05, 4.69) is 18.7 Å². The molecule has 0 saturated carbocycles. The number of rotatable bonds is 8. The molecule has 1 atom stereocenters. The number of amides is 1. The molecule has 1 N–H and O–H groups in total. The smallest absolute Gasteiger partial charge is 0.295 e. The van der Waals surface area contributed by atoms with E-state index in [0.29, 0.717) is 37.0 Å². The molecule has 0 aromatic heterocycles. The van der Waals surface area contributed by atoms with E-state index < -0.39 is 17.7 Å². The predicted octanol–water partition coefficient (Wildman–Crippen LogP) is 3.96. The van der Waals surface area contributed by atoms with Crippen LogP contribution in [0.1, 0.15) is 48.9 Å². The lowest BCUT2D eigenvalue weighted by atomic mass is 9.93. The van der Waals surface area contributed by atoms with Crippen LogP contribution in [-0.4, -0.2) is 73.1 Å². The Hall–Kier alpha value is -3.16. The fraction of sp³-hybridized carbons (Fsp3) is 0.429. The summed E-state index contributed by atoms with van der Waals surface area (Å²) in [5.41, 5.74) is 2.54. The molecule has 2 saturated heterocycles. The molecule has 2 aliphatic rings. The number of benzene rings is 2. The number of aliphatic hydroxyl groups is 1.